The Kier molecular flexibility index (Phi) is 3.73. The van der Waals surface area contributed by atoms with Gasteiger partial charge in [-0.1, -0.05) is 0 Å². The molecule has 1 saturated carbocycles. The van der Waals surface area contributed by atoms with Gasteiger partial charge in [0.05, 0.1) is 6.20 Å². The van der Waals surface area contributed by atoms with E-state index >= 15 is 0 Å². The number of aliphatic imine (C=N–C) groups is 1. The minimum Gasteiger partial charge on any atom is -0.351 e. The summed E-state index contributed by atoms with van der Waals surface area (Å²) in [5, 5.41) is 14.2. The molecule has 1 aliphatic carbocycles. The molecule has 0 bridgehead atoms. The maximum absolute atomic E-state index is 13.4. The SMILES string of the molecule is ON1C=C[N+]2C(=NC(c3ccc(F)cc3)=C2c2ccnc(NC3CC3)n2)C1. The van der Waals surface area contributed by atoms with Crippen LogP contribution >= 0.6 is 0 Å². The monoisotopic (exact) mass is 364 g/mol. The fourth-order valence-electron chi connectivity index (χ4n) is 3.12. The molecule has 5 rings (SSSR count). The number of hydrogen-bond acceptors (Lipinski definition) is 7. The van der Waals surface area contributed by atoms with Gasteiger partial charge in [-0.05, 0) is 48.1 Å². The Balaban J connectivity index is 1.61. The summed E-state index contributed by atoms with van der Waals surface area (Å²) in [5.41, 5.74) is 2.95. The number of halogens is 1. The van der Waals surface area contributed by atoms with Crippen molar-refractivity contribution in [2.45, 2.75) is 18.9 Å². The predicted molar refractivity (Wildman–Crippen MR) is 99.1 cm³/mol. The van der Waals surface area contributed by atoms with Gasteiger partial charge in [-0.3, -0.25) is 5.21 Å². The highest BCUT2D eigenvalue weighted by molar-refractivity contribution is 6.11. The van der Waals surface area contributed by atoms with E-state index in [1.165, 1.54) is 12.1 Å². The van der Waals surface area contributed by atoms with Crippen LogP contribution in [-0.4, -0.2) is 38.7 Å². The van der Waals surface area contributed by atoms with E-state index in [4.69, 9.17) is 0 Å². The maximum atomic E-state index is 13.4. The molecule has 3 heterocycles. The standard InChI is InChI=1S/C19H17FN6O/c20-13-3-1-12(2-4-13)17-18(26-10-9-25(27)11-16(26)24-17)15-7-8-21-19(23-15)22-14-5-6-14/h1-4,7-10,14,27H,5-6,11H2,(H,21,22,23)/q+1. The molecule has 7 nitrogen and oxygen atoms in total. The van der Waals surface area contributed by atoms with Gasteiger partial charge in [-0.15, -0.1) is 0 Å². The van der Waals surface area contributed by atoms with Gasteiger partial charge in [0.2, 0.25) is 11.6 Å². The fraction of sp³-hybridized carbons (Fsp3) is 0.211. The zero-order chi connectivity index (χ0) is 18.4. The van der Waals surface area contributed by atoms with Crippen molar-refractivity contribution in [3.8, 4) is 0 Å². The molecule has 1 aromatic carbocycles. The molecule has 1 aromatic heterocycles. The number of aromatic nitrogens is 2. The summed E-state index contributed by atoms with van der Waals surface area (Å²) in [6.45, 7) is 0.253. The summed E-state index contributed by atoms with van der Waals surface area (Å²) in [6, 6.07) is 8.47. The second-order valence-electron chi connectivity index (χ2n) is 6.68. The van der Waals surface area contributed by atoms with Crippen molar-refractivity contribution in [3.63, 3.8) is 0 Å². The average molecular weight is 364 g/mol. The van der Waals surface area contributed by atoms with Crippen LogP contribution in [0.15, 0.2) is 53.9 Å². The van der Waals surface area contributed by atoms with E-state index in [0.717, 1.165) is 29.2 Å². The molecule has 0 spiro atoms. The molecule has 27 heavy (non-hydrogen) atoms. The summed E-state index contributed by atoms with van der Waals surface area (Å²) < 4.78 is 13.4. The van der Waals surface area contributed by atoms with Crippen LogP contribution in [0.25, 0.3) is 11.4 Å². The first kappa shape index (κ1) is 16.1. The van der Waals surface area contributed by atoms with Gasteiger partial charge in [0, 0.05) is 17.8 Å². The Morgan fingerprint density at radius 2 is 2.00 bits per heavy atom. The van der Waals surface area contributed by atoms with Crippen molar-refractivity contribution in [2.75, 3.05) is 11.9 Å². The molecule has 1 fully saturated rings. The van der Waals surface area contributed by atoms with E-state index in [1.807, 2.05) is 11.0 Å². The summed E-state index contributed by atoms with van der Waals surface area (Å²) >= 11 is 0. The lowest BCUT2D eigenvalue weighted by Crippen LogP contribution is -2.39. The Bertz CT molecular complexity index is 980. The van der Waals surface area contributed by atoms with E-state index < -0.39 is 0 Å². The molecule has 2 N–H and O–H groups in total. The van der Waals surface area contributed by atoms with E-state index in [9.17, 15) is 9.60 Å². The van der Waals surface area contributed by atoms with Gasteiger partial charge in [-0.25, -0.2) is 19.4 Å². The van der Waals surface area contributed by atoms with Crippen LogP contribution in [0.1, 0.15) is 24.1 Å². The van der Waals surface area contributed by atoms with Crippen molar-refractivity contribution >= 4 is 23.2 Å². The molecule has 2 aromatic rings. The quantitative estimate of drug-likeness (QED) is 0.816. The van der Waals surface area contributed by atoms with Crippen LogP contribution in [0.4, 0.5) is 10.3 Å². The minimum absolute atomic E-state index is 0.253. The van der Waals surface area contributed by atoms with E-state index in [1.54, 1.807) is 30.7 Å². The lowest BCUT2D eigenvalue weighted by Gasteiger charge is -2.16. The largest absolute Gasteiger partial charge is 0.351 e. The van der Waals surface area contributed by atoms with Crippen LogP contribution in [0.2, 0.25) is 0 Å². The Morgan fingerprint density at radius 1 is 1.19 bits per heavy atom. The number of hydrogen-bond donors (Lipinski definition) is 2. The van der Waals surface area contributed by atoms with Crippen LogP contribution in [0, 0.1) is 5.82 Å². The van der Waals surface area contributed by atoms with Crippen molar-refractivity contribution in [3.05, 3.63) is 66.0 Å². The van der Waals surface area contributed by atoms with Crippen LogP contribution in [-0.2, 0) is 0 Å². The van der Waals surface area contributed by atoms with E-state index in [-0.39, 0.29) is 12.4 Å². The fourth-order valence-corrected chi connectivity index (χ4v) is 3.12. The zero-order valence-electron chi connectivity index (χ0n) is 14.4. The highest BCUT2D eigenvalue weighted by atomic mass is 19.1. The smallest absolute Gasteiger partial charge is 0.285 e. The van der Waals surface area contributed by atoms with Crippen molar-refractivity contribution in [2.24, 2.45) is 4.99 Å². The number of rotatable bonds is 4. The molecule has 0 saturated heterocycles. The summed E-state index contributed by atoms with van der Waals surface area (Å²) in [7, 11) is 0. The Labute approximate surface area is 155 Å². The third-order valence-electron chi connectivity index (χ3n) is 4.60. The summed E-state index contributed by atoms with van der Waals surface area (Å²) in [6.07, 6.45) is 7.28. The van der Waals surface area contributed by atoms with Crippen molar-refractivity contribution < 1.29 is 9.60 Å². The van der Waals surface area contributed by atoms with Gasteiger partial charge in [-0.2, -0.15) is 4.99 Å². The van der Waals surface area contributed by atoms with Gasteiger partial charge in [0.25, 0.3) is 5.84 Å². The number of benzene rings is 1. The van der Waals surface area contributed by atoms with Gasteiger partial charge >= 0.3 is 0 Å². The van der Waals surface area contributed by atoms with Crippen molar-refractivity contribution in [1.29, 1.82) is 0 Å². The number of hydroxylamine groups is 2. The third kappa shape index (κ3) is 3.09. The van der Waals surface area contributed by atoms with Crippen LogP contribution < -0.4 is 10.2 Å². The highest BCUT2D eigenvalue weighted by Crippen LogP contribution is 2.35. The number of amidine groups is 1. The number of fused-ring (bicyclic) bond motifs is 1. The van der Waals surface area contributed by atoms with E-state index in [2.05, 4.69) is 20.3 Å². The highest BCUT2D eigenvalue weighted by Gasteiger charge is 2.42. The van der Waals surface area contributed by atoms with Gasteiger partial charge < -0.3 is 5.32 Å². The molecule has 1 radical (unpaired) electrons. The van der Waals surface area contributed by atoms with Crippen molar-refractivity contribution in [1.82, 2.24) is 19.9 Å². The average Bonchev–Trinajstić information content (AvgIpc) is 3.40. The van der Waals surface area contributed by atoms with Gasteiger partial charge in [0.1, 0.15) is 23.8 Å². The minimum atomic E-state index is -0.302. The van der Waals surface area contributed by atoms with Crippen LogP contribution in [0.3, 0.4) is 0 Å². The molecule has 0 unspecified atom stereocenters. The number of nitrogens with one attached hydrogen (secondary N) is 1. The Hall–Kier alpha value is -3.10. The van der Waals surface area contributed by atoms with Crippen LogP contribution in [0.5, 0.6) is 0 Å². The number of nitrogens with zero attached hydrogens (tertiary/aromatic N) is 5. The third-order valence-corrected chi connectivity index (χ3v) is 4.60. The second kappa shape index (κ2) is 6.26. The first-order valence-electron chi connectivity index (χ1n) is 8.78. The topological polar surface area (TPSA) is 79.5 Å². The predicted octanol–water partition coefficient (Wildman–Crippen LogP) is 2.74. The zero-order valence-corrected chi connectivity index (χ0v) is 14.4. The molecular formula is C19H17FN6O+. The Morgan fingerprint density at radius 3 is 2.78 bits per heavy atom. The summed E-state index contributed by atoms with van der Waals surface area (Å²) in [4.78, 5) is 15.5. The normalized spacial score (nSPS) is 19.3. The first-order chi connectivity index (χ1) is 13.2. The lowest BCUT2D eigenvalue weighted by molar-refractivity contribution is -0.0286. The molecule has 0 amide bonds. The summed E-state index contributed by atoms with van der Waals surface area (Å²) in [5.74, 6) is 0.951. The molecule has 3 aliphatic rings. The second-order valence-corrected chi connectivity index (χ2v) is 6.68. The number of anilines is 1. The molecular weight excluding hydrogens is 347 g/mol. The molecule has 135 valence electrons. The first-order valence-corrected chi connectivity index (χ1v) is 8.78. The molecule has 0 atom stereocenters. The van der Waals surface area contributed by atoms with Gasteiger partial charge in [0.15, 0.2) is 6.20 Å². The maximum Gasteiger partial charge on any atom is 0.285 e. The molecule has 2 aliphatic heterocycles. The lowest BCUT2D eigenvalue weighted by atomic mass is 10.1. The van der Waals surface area contributed by atoms with E-state index in [0.29, 0.717) is 29.2 Å². The molecule has 8 heteroatoms.